The summed E-state index contributed by atoms with van der Waals surface area (Å²) < 4.78 is 0. The van der Waals surface area contributed by atoms with Crippen LogP contribution in [0, 0.1) is 11.8 Å². The maximum absolute atomic E-state index is 4.49. The van der Waals surface area contributed by atoms with Crippen molar-refractivity contribution in [3.05, 3.63) is 6.33 Å². The Labute approximate surface area is 137 Å². The lowest BCUT2D eigenvalue weighted by atomic mass is 10.1. The molecule has 0 aromatic carbocycles. The minimum Gasteiger partial charge on any atom is -0.353 e. The number of hydrogen-bond acceptors (Lipinski definition) is 5. The average molecular weight is 321 g/mol. The van der Waals surface area contributed by atoms with Crippen LogP contribution in [0.1, 0.15) is 40.5 Å². The van der Waals surface area contributed by atoms with Crippen molar-refractivity contribution in [1.29, 1.82) is 0 Å². The SMILES string of the molecule is CSc1nnc(N(CCC(C)C)CCC(C)C)c2nc[nH]c12. The Bertz CT molecular complexity index is 581. The summed E-state index contributed by atoms with van der Waals surface area (Å²) in [5.74, 6) is 2.26. The van der Waals surface area contributed by atoms with Crippen LogP contribution in [-0.4, -0.2) is 39.5 Å². The van der Waals surface area contributed by atoms with E-state index in [4.69, 9.17) is 0 Å². The Hall–Kier alpha value is -1.30. The zero-order valence-corrected chi connectivity index (χ0v) is 15.1. The van der Waals surface area contributed by atoms with Crippen LogP contribution in [0.4, 0.5) is 5.82 Å². The molecule has 0 aliphatic rings. The van der Waals surface area contributed by atoms with E-state index in [2.05, 4.69) is 52.8 Å². The summed E-state index contributed by atoms with van der Waals surface area (Å²) in [5, 5.41) is 9.76. The molecule has 122 valence electrons. The molecule has 0 aliphatic heterocycles. The van der Waals surface area contributed by atoms with Crippen LogP contribution in [-0.2, 0) is 0 Å². The first-order chi connectivity index (χ1) is 10.5. The number of imidazole rings is 1. The van der Waals surface area contributed by atoms with Crippen molar-refractivity contribution in [3.63, 3.8) is 0 Å². The van der Waals surface area contributed by atoms with Gasteiger partial charge in [-0.25, -0.2) is 4.98 Å². The largest absolute Gasteiger partial charge is 0.353 e. The van der Waals surface area contributed by atoms with Gasteiger partial charge in [0, 0.05) is 13.1 Å². The summed E-state index contributed by atoms with van der Waals surface area (Å²) in [5.41, 5.74) is 1.93. The zero-order valence-electron chi connectivity index (χ0n) is 14.3. The van der Waals surface area contributed by atoms with Gasteiger partial charge in [0.15, 0.2) is 5.82 Å². The summed E-state index contributed by atoms with van der Waals surface area (Å²) in [6.45, 7) is 11.0. The Morgan fingerprint density at radius 3 is 2.27 bits per heavy atom. The van der Waals surface area contributed by atoms with Crippen molar-refractivity contribution >= 4 is 28.6 Å². The van der Waals surface area contributed by atoms with Crippen molar-refractivity contribution in [2.45, 2.75) is 45.6 Å². The lowest BCUT2D eigenvalue weighted by molar-refractivity contribution is 0.532. The molecular weight excluding hydrogens is 294 g/mol. The first kappa shape index (κ1) is 17.1. The Balaban J connectivity index is 2.31. The second kappa shape index (κ2) is 7.81. The van der Waals surface area contributed by atoms with E-state index < -0.39 is 0 Å². The Kier molecular flexibility index (Phi) is 6.06. The molecule has 1 N–H and O–H groups in total. The van der Waals surface area contributed by atoms with E-state index in [1.165, 1.54) is 0 Å². The highest BCUT2D eigenvalue weighted by molar-refractivity contribution is 7.98. The van der Waals surface area contributed by atoms with Gasteiger partial charge in [-0.1, -0.05) is 27.7 Å². The number of rotatable bonds is 8. The molecule has 22 heavy (non-hydrogen) atoms. The summed E-state index contributed by atoms with van der Waals surface area (Å²) in [6.07, 6.45) is 6.05. The normalized spacial score (nSPS) is 11.8. The van der Waals surface area contributed by atoms with Crippen molar-refractivity contribution in [3.8, 4) is 0 Å². The summed E-state index contributed by atoms with van der Waals surface area (Å²) >= 11 is 1.60. The fraction of sp³-hybridized carbons (Fsp3) is 0.688. The molecule has 2 aromatic heterocycles. The van der Waals surface area contributed by atoms with Crippen LogP contribution in [0.3, 0.4) is 0 Å². The summed E-state index contributed by atoms with van der Waals surface area (Å²) in [4.78, 5) is 10.0. The van der Waals surface area contributed by atoms with E-state index in [9.17, 15) is 0 Å². The minimum atomic E-state index is 0.676. The third-order valence-corrected chi connectivity index (χ3v) is 4.42. The van der Waals surface area contributed by atoms with E-state index in [1.54, 1.807) is 18.1 Å². The van der Waals surface area contributed by atoms with Crippen LogP contribution >= 0.6 is 11.8 Å². The van der Waals surface area contributed by atoms with Gasteiger partial charge in [0.05, 0.1) is 6.33 Å². The molecular formula is C16H27N5S. The van der Waals surface area contributed by atoms with Crippen molar-refractivity contribution in [2.24, 2.45) is 11.8 Å². The molecule has 0 saturated heterocycles. The second-order valence-electron chi connectivity index (χ2n) is 6.51. The minimum absolute atomic E-state index is 0.676. The van der Waals surface area contributed by atoms with E-state index in [1.807, 2.05) is 6.26 Å². The van der Waals surface area contributed by atoms with Gasteiger partial charge >= 0.3 is 0 Å². The van der Waals surface area contributed by atoms with Crippen LogP contribution in [0.15, 0.2) is 11.4 Å². The lowest BCUT2D eigenvalue weighted by Crippen LogP contribution is -2.29. The summed E-state index contributed by atoms with van der Waals surface area (Å²) in [7, 11) is 0. The Morgan fingerprint density at radius 2 is 1.73 bits per heavy atom. The van der Waals surface area contributed by atoms with Gasteiger partial charge in [-0.05, 0) is 30.9 Å². The van der Waals surface area contributed by atoms with Crippen LogP contribution < -0.4 is 4.90 Å². The molecule has 0 saturated carbocycles. The third-order valence-electron chi connectivity index (χ3n) is 3.75. The smallest absolute Gasteiger partial charge is 0.179 e. The zero-order chi connectivity index (χ0) is 16.1. The number of thioether (sulfide) groups is 1. The Morgan fingerprint density at radius 1 is 1.09 bits per heavy atom. The number of hydrogen-bond donors (Lipinski definition) is 1. The fourth-order valence-corrected chi connectivity index (χ4v) is 2.81. The van der Waals surface area contributed by atoms with Crippen molar-refractivity contribution in [1.82, 2.24) is 20.2 Å². The second-order valence-corrected chi connectivity index (χ2v) is 7.31. The number of fused-ring (bicyclic) bond motifs is 1. The van der Waals surface area contributed by atoms with Gasteiger partial charge in [0.1, 0.15) is 16.1 Å². The molecule has 0 radical (unpaired) electrons. The van der Waals surface area contributed by atoms with Crippen LogP contribution in [0.5, 0.6) is 0 Å². The highest BCUT2D eigenvalue weighted by Gasteiger charge is 2.17. The average Bonchev–Trinajstić information content (AvgIpc) is 2.95. The number of anilines is 1. The molecule has 2 heterocycles. The molecule has 0 fully saturated rings. The fourth-order valence-electron chi connectivity index (χ4n) is 2.32. The molecule has 2 aromatic rings. The first-order valence-electron chi connectivity index (χ1n) is 8.01. The molecule has 0 aliphatic carbocycles. The molecule has 5 nitrogen and oxygen atoms in total. The van der Waals surface area contributed by atoms with Crippen molar-refractivity contribution in [2.75, 3.05) is 24.2 Å². The number of nitrogens with one attached hydrogen (secondary N) is 1. The monoisotopic (exact) mass is 321 g/mol. The van der Waals surface area contributed by atoms with E-state index in [0.717, 1.165) is 47.8 Å². The van der Waals surface area contributed by atoms with E-state index in [0.29, 0.717) is 11.8 Å². The van der Waals surface area contributed by atoms with Gasteiger partial charge in [0.2, 0.25) is 0 Å². The van der Waals surface area contributed by atoms with Crippen molar-refractivity contribution < 1.29 is 0 Å². The topological polar surface area (TPSA) is 57.7 Å². The quantitative estimate of drug-likeness (QED) is 0.745. The molecule has 0 bridgehead atoms. The van der Waals surface area contributed by atoms with Crippen LogP contribution in [0.2, 0.25) is 0 Å². The summed E-state index contributed by atoms with van der Waals surface area (Å²) in [6, 6.07) is 0. The maximum Gasteiger partial charge on any atom is 0.179 e. The molecule has 6 heteroatoms. The molecule has 0 unspecified atom stereocenters. The number of nitrogens with zero attached hydrogens (tertiary/aromatic N) is 4. The number of aromatic nitrogens is 4. The number of aromatic amines is 1. The third kappa shape index (κ3) is 4.12. The molecule has 0 spiro atoms. The predicted molar refractivity (Wildman–Crippen MR) is 94.6 cm³/mol. The molecule has 0 amide bonds. The maximum atomic E-state index is 4.49. The first-order valence-corrected chi connectivity index (χ1v) is 9.24. The van der Waals surface area contributed by atoms with Gasteiger partial charge in [-0.3, -0.25) is 0 Å². The molecule has 0 atom stereocenters. The van der Waals surface area contributed by atoms with Gasteiger partial charge in [-0.15, -0.1) is 22.0 Å². The lowest BCUT2D eigenvalue weighted by Gasteiger charge is -2.25. The predicted octanol–water partition coefficient (Wildman–Crippen LogP) is 3.97. The standard InChI is InChI=1S/C16H27N5S/c1-11(2)6-8-21(9-7-12(3)4)15-13-14(18-10-17-13)16(22-5)20-19-15/h10-12H,6-9H2,1-5H3,(H,17,18). The highest BCUT2D eigenvalue weighted by atomic mass is 32.2. The highest BCUT2D eigenvalue weighted by Crippen LogP contribution is 2.28. The van der Waals surface area contributed by atoms with Crippen LogP contribution in [0.25, 0.3) is 11.0 Å². The van der Waals surface area contributed by atoms with E-state index in [-0.39, 0.29) is 0 Å². The van der Waals surface area contributed by atoms with Gasteiger partial charge in [-0.2, -0.15) is 0 Å². The van der Waals surface area contributed by atoms with Gasteiger partial charge in [0.25, 0.3) is 0 Å². The van der Waals surface area contributed by atoms with E-state index >= 15 is 0 Å². The number of H-pyrrole nitrogens is 1. The molecule has 2 rings (SSSR count). The van der Waals surface area contributed by atoms with Gasteiger partial charge < -0.3 is 9.88 Å².